The Morgan fingerprint density at radius 2 is 1.88 bits per heavy atom. The van der Waals surface area contributed by atoms with Gasteiger partial charge in [-0.2, -0.15) is 18.4 Å². The molecule has 3 atom stereocenters. The van der Waals surface area contributed by atoms with Crippen LogP contribution in [0.2, 0.25) is 0 Å². The molecule has 1 aliphatic rings. The van der Waals surface area contributed by atoms with Crippen molar-refractivity contribution in [3.63, 3.8) is 0 Å². The van der Waals surface area contributed by atoms with E-state index in [9.17, 15) is 31.4 Å². The van der Waals surface area contributed by atoms with Gasteiger partial charge in [0.15, 0.2) is 12.3 Å². The normalized spacial score (nSPS) is 23.2. The Balaban J connectivity index is 2.28. The molecule has 0 bridgehead atoms. The van der Waals surface area contributed by atoms with Crippen molar-refractivity contribution in [1.82, 2.24) is 4.57 Å². The number of fused-ring (bicyclic) bond motifs is 1. The minimum Gasteiger partial charge on any atom is -0.385 e. The molecule has 0 aliphatic heterocycles. The molecule has 0 radical (unpaired) electrons. The SMILES string of the molecule is N#Cc1cc(-n2cc(C(F)(F)F)c3c2[C@H](F)[C@@H](F)[C@H]3O)ccc1F. The van der Waals surface area contributed by atoms with Gasteiger partial charge in [-0.1, -0.05) is 0 Å². The maximum Gasteiger partial charge on any atom is 0.418 e. The molecule has 126 valence electrons. The number of aliphatic hydroxyl groups excluding tert-OH is 1. The number of aromatic nitrogens is 1. The fourth-order valence-electron chi connectivity index (χ4n) is 2.79. The second-order valence-electron chi connectivity index (χ2n) is 5.28. The molecule has 3 rings (SSSR count). The van der Waals surface area contributed by atoms with Crippen LogP contribution < -0.4 is 0 Å². The van der Waals surface area contributed by atoms with Crippen molar-refractivity contribution in [1.29, 1.82) is 5.26 Å². The van der Waals surface area contributed by atoms with Crippen molar-refractivity contribution in [2.75, 3.05) is 0 Å². The van der Waals surface area contributed by atoms with Crippen LogP contribution in [0.25, 0.3) is 5.69 Å². The van der Waals surface area contributed by atoms with Crippen LogP contribution in [0, 0.1) is 17.1 Å². The molecule has 0 spiro atoms. The van der Waals surface area contributed by atoms with Crippen LogP contribution in [0.1, 0.15) is 34.7 Å². The molecule has 3 nitrogen and oxygen atoms in total. The number of rotatable bonds is 1. The number of aliphatic hydroxyl groups is 1. The van der Waals surface area contributed by atoms with E-state index >= 15 is 0 Å². The highest BCUT2D eigenvalue weighted by molar-refractivity contribution is 5.51. The van der Waals surface area contributed by atoms with Gasteiger partial charge in [-0.3, -0.25) is 0 Å². The Bertz CT molecular complexity index is 851. The van der Waals surface area contributed by atoms with E-state index in [1.54, 1.807) is 0 Å². The van der Waals surface area contributed by atoms with Crippen LogP contribution in [-0.2, 0) is 6.18 Å². The molecule has 0 unspecified atom stereocenters. The van der Waals surface area contributed by atoms with Gasteiger partial charge in [0, 0.05) is 17.4 Å². The minimum atomic E-state index is -4.95. The smallest absolute Gasteiger partial charge is 0.385 e. The number of benzene rings is 1. The summed E-state index contributed by atoms with van der Waals surface area (Å²) in [6.07, 6.45) is -11.7. The van der Waals surface area contributed by atoms with Gasteiger partial charge in [-0.25, -0.2) is 13.2 Å². The fourth-order valence-corrected chi connectivity index (χ4v) is 2.79. The third kappa shape index (κ3) is 2.26. The molecule has 1 heterocycles. The lowest BCUT2D eigenvalue weighted by atomic mass is 10.1. The number of nitrogens with zero attached hydrogens (tertiary/aromatic N) is 2. The van der Waals surface area contributed by atoms with Crippen molar-refractivity contribution >= 4 is 0 Å². The molecule has 1 aromatic carbocycles. The lowest BCUT2D eigenvalue weighted by Crippen LogP contribution is -2.15. The van der Waals surface area contributed by atoms with E-state index in [-0.39, 0.29) is 5.69 Å². The van der Waals surface area contributed by atoms with E-state index in [0.717, 1.165) is 18.2 Å². The lowest BCUT2D eigenvalue weighted by Gasteiger charge is -2.13. The number of halogens is 6. The van der Waals surface area contributed by atoms with Crippen molar-refractivity contribution in [3.8, 4) is 11.8 Å². The standard InChI is InChI=1S/C15H8F6N2O/c16-9-2-1-7(3-6(9)4-22)23-5-8(15(19,20)21)10-13(23)11(17)12(18)14(10)24/h1-3,5,11-12,14,24H/t11-,12-,14+/m1/s1. The molecular formula is C15H8F6N2O. The Hall–Kier alpha value is -2.47. The van der Waals surface area contributed by atoms with Crippen LogP contribution in [0.4, 0.5) is 26.3 Å². The van der Waals surface area contributed by atoms with Crippen molar-refractivity contribution < 1.29 is 31.4 Å². The zero-order chi connectivity index (χ0) is 17.8. The predicted octanol–water partition coefficient (Wildman–Crippen LogP) is 3.90. The third-order valence-corrected chi connectivity index (χ3v) is 3.88. The van der Waals surface area contributed by atoms with E-state index < -0.39 is 52.8 Å². The summed E-state index contributed by atoms with van der Waals surface area (Å²) in [5.74, 6) is -0.902. The summed E-state index contributed by atoms with van der Waals surface area (Å²) in [6, 6.07) is 4.29. The van der Waals surface area contributed by atoms with Crippen LogP contribution >= 0.6 is 0 Å². The molecule has 1 aliphatic carbocycles. The zero-order valence-electron chi connectivity index (χ0n) is 11.7. The van der Waals surface area contributed by atoms with Gasteiger partial charge in [-0.15, -0.1) is 0 Å². The van der Waals surface area contributed by atoms with Gasteiger partial charge in [0.1, 0.15) is 18.0 Å². The molecular weight excluding hydrogens is 338 g/mol. The molecule has 0 amide bonds. The third-order valence-electron chi connectivity index (χ3n) is 3.88. The van der Waals surface area contributed by atoms with Crippen LogP contribution in [0.3, 0.4) is 0 Å². The monoisotopic (exact) mass is 346 g/mol. The molecule has 1 N–H and O–H groups in total. The zero-order valence-corrected chi connectivity index (χ0v) is 11.7. The summed E-state index contributed by atoms with van der Waals surface area (Å²) in [6.45, 7) is 0. The molecule has 2 aromatic rings. The summed E-state index contributed by atoms with van der Waals surface area (Å²) >= 11 is 0. The van der Waals surface area contributed by atoms with Gasteiger partial charge in [-0.05, 0) is 18.2 Å². The number of nitriles is 1. The summed E-state index contributed by atoms with van der Waals surface area (Å²) in [5.41, 5.74) is -3.57. The Morgan fingerprint density at radius 3 is 2.46 bits per heavy atom. The average Bonchev–Trinajstić information content (AvgIpc) is 3.01. The Kier molecular flexibility index (Phi) is 3.60. The van der Waals surface area contributed by atoms with Gasteiger partial charge in [0.05, 0.1) is 16.8 Å². The van der Waals surface area contributed by atoms with Crippen LogP contribution in [0.15, 0.2) is 24.4 Å². The van der Waals surface area contributed by atoms with Gasteiger partial charge >= 0.3 is 6.18 Å². The van der Waals surface area contributed by atoms with E-state index in [1.807, 2.05) is 0 Å². The molecule has 0 saturated heterocycles. The predicted molar refractivity (Wildman–Crippen MR) is 69.1 cm³/mol. The second kappa shape index (κ2) is 5.27. The first kappa shape index (κ1) is 16.4. The molecule has 1 aromatic heterocycles. The maximum absolute atomic E-state index is 14.1. The summed E-state index contributed by atoms with van der Waals surface area (Å²) in [4.78, 5) is 0. The first-order chi connectivity index (χ1) is 11.2. The van der Waals surface area contributed by atoms with E-state index in [0.29, 0.717) is 10.8 Å². The van der Waals surface area contributed by atoms with Gasteiger partial charge in [0.25, 0.3) is 0 Å². The van der Waals surface area contributed by atoms with Crippen molar-refractivity contribution in [2.45, 2.75) is 24.6 Å². The Labute approximate surface area is 131 Å². The highest BCUT2D eigenvalue weighted by Crippen LogP contribution is 2.50. The fraction of sp³-hybridized carbons (Fsp3) is 0.267. The number of alkyl halides is 5. The minimum absolute atomic E-state index is 0.149. The summed E-state index contributed by atoms with van der Waals surface area (Å²) in [7, 11) is 0. The molecule has 9 heteroatoms. The van der Waals surface area contributed by atoms with E-state index in [1.165, 1.54) is 6.07 Å². The first-order valence-corrected chi connectivity index (χ1v) is 6.65. The lowest BCUT2D eigenvalue weighted by molar-refractivity contribution is -0.139. The highest BCUT2D eigenvalue weighted by Gasteiger charge is 2.50. The van der Waals surface area contributed by atoms with Crippen LogP contribution in [-0.4, -0.2) is 15.8 Å². The average molecular weight is 346 g/mol. The van der Waals surface area contributed by atoms with Gasteiger partial charge in [0.2, 0.25) is 0 Å². The second-order valence-corrected chi connectivity index (χ2v) is 5.28. The topological polar surface area (TPSA) is 49.0 Å². The van der Waals surface area contributed by atoms with Gasteiger partial charge < -0.3 is 9.67 Å². The van der Waals surface area contributed by atoms with Crippen molar-refractivity contribution in [3.05, 3.63) is 52.6 Å². The Morgan fingerprint density at radius 1 is 1.21 bits per heavy atom. The van der Waals surface area contributed by atoms with Crippen LogP contribution in [0.5, 0.6) is 0 Å². The number of hydrogen-bond donors (Lipinski definition) is 1. The highest BCUT2D eigenvalue weighted by atomic mass is 19.4. The molecule has 24 heavy (non-hydrogen) atoms. The van der Waals surface area contributed by atoms with E-state index in [2.05, 4.69) is 0 Å². The first-order valence-electron chi connectivity index (χ1n) is 6.65. The summed E-state index contributed by atoms with van der Waals surface area (Å²) in [5, 5.41) is 18.4. The molecule has 0 saturated carbocycles. The summed E-state index contributed by atoms with van der Waals surface area (Å²) < 4.78 is 81.2. The van der Waals surface area contributed by atoms with E-state index in [4.69, 9.17) is 5.26 Å². The molecule has 0 fully saturated rings. The maximum atomic E-state index is 14.1. The van der Waals surface area contributed by atoms with Crippen molar-refractivity contribution in [2.24, 2.45) is 0 Å². The number of hydrogen-bond acceptors (Lipinski definition) is 2. The quantitative estimate of drug-likeness (QED) is 0.796. The largest absolute Gasteiger partial charge is 0.418 e.